The third-order valence-electron chi connectivity index (χ3n) is 3.70. The van der Waals surface area contributed by atoms with Crippen molar-refractivity contribution in [3.8, 4) is 5.69 Å². The summed E-state index contributed by atoms with van der Waals surface area (Å²) in [4.78, 5) is 4.27. The van der Waals surface area contributed by atoms with Gasteiger partial charge < -0.3 is 15.4 Å². The van der Waals surface area contributed by atoms with Crippen molar-refractivity contribution >= 4 is 29.9 Å². The molecule has 0 radical (unpaired) electrons. The summed E-state index contributed by atoms with van der Waals surface area (Å²) < 4.78 is 7.13. The normalized spacial score (nSPS) is 12.4. The largest absolute Gasteiger partial charge is 0.383 e. The number of methoxy groups -OCH3 is 1. The molecule has 1 aromatic heterocycles. The first-order valence-electron chi connectivity index (χ1n) is 8.12. The highest BCUT2D eigenvalue weighted by Crippen LogP contribution is 2.16. The van der Waals surface area contributed by atoms with Crippen LogP contribution in [-0.2, 0) is 11.3 Å². The molecular weight excluding hydrogens is 429 g/mol. The maximum Gasteiger partial charge on any atom is 0.191 e. The number of guanidine groups is 1. The van der Waals surface area contributed by atoms with E-state index in [1.165, 1.54) is 0 Å². The van der Waals surface area contributed by atoms with Gasteiger partial charge in [-0.3, -0.25) is 4.99 Å². The molecule has 138 valence electrons. The highest BCUT2D eigenvalue weighted by Gasteiger charge is 2.10. The van der Waals surface area contributed by atoms with Gasteiger partial charge in [-0.05, 0) is 38.5 Å². The average molecular weight is 457 g/mol. The zero-order chi connectivity index (χ0) is 17.5. The summed E-state index contributed by atoms with van der Waals surface area (Å²) in [6, 6.07) is 10.5. The molecule has 0 aliphatic carbocycles. The number of para-hydroxylation sites is 1. The zero-order valence-electron chi connectivity index (χ0n) is 15.5. The number of aliphatic imine (C=N–C) groups is 1. The molecule has 2 N–H and O–H groups in total. The lowest BCUT2D eigenvalue weighted by atomic mass is 10.1. The van der Waals surface area contributed by atoms with E-state index in [0.29, 0.717) is 13.2 Å². The van der Waals surface area contributed by atoms with Crippen molar-refractivity contribution in [1.29, 1.82) is 0 Å². The summed E-state index contributed by atoms with van der Waals surface area (Å²) in [5.74, 6) is 0.753. The van der Waals surface area contributed by atoms with Gasteiger partial charge in [-0.1, -0.05) is 18.2 Å². The molecular formula is C18H28IN5O. The summed E-state index contributed by atoms with van der Waals surface area (Å²) in [6.45, 7) is 7.42. The van der Waals surface area contributed by atoms with Crippen LogP contribution in [0.5, 0.6) is 0 Å². The Bertz CT molecular complexity index is 699. The van der Waals surface area contributed by atoms with Gasteiger partial charge in [0.2, 0.25) is 0 Å². The molecule has 0 saturated carbocycles. The number of hydrogen-bond acceptors (Lipinski definition) is 3. The SMILES string of the molecule is CN=C(NCc1ccccc1-n1nc(C)cc1C)NC(C)COC.I. The molecule has 0 aliphatic rings. The number of ether oxygens (including phenoxy) is 1. The van der Waals surface area contributed by atoms with Crippen LogP contribution in [0.1, 0.15) is 23.9 Å². The van der Waals surface area contributed by atoms with E-state index < -0.39 is 0 Å². The number of nitrogens with one attached hydrogen (secondary N) is 2. The molecule has 1 atom stereocenters. The van der Waals surface area contributed by atoms with Gasteiger partial charge in [-0.25, -0.2) is 4.68 Å². The lowest BCUT2D eigenvalue weighted by Crippen LogP contribution is -2.43. The summed E-state index contributed by atoms with van der Waals surface area (Å²) in [7, 11) is 3.46. The van der Waals surface area contributed by atoms with Crippen molar-refractivity contribution in [1.82, 2.24) is 20.4 Å². The minimum Gasteiger partial charge on any atom is -0.383 e. The maximum atomic E-state index is 5.15. The van der Waals surface area contributed by atoms with Crippen molar-refractivity contribution < 1.29 is 4.74 Å². The second-order valence-corrected chi connectivity index (χ2v) is 5.89. The lowest BCUT2D eigenvalue weighted by molar-refractivity contribution is 0.179. The van der Waals surface area contributed by atoms with Crippen LogP contribution >= 0.6 is 24.0 Å². The fraction of sp³-hybridized carbons (Fsp3) is 0.444. The summed E-state index contributed by atoms with van der Waals surface area (Å²) in [5.41, 5.74) is 4.37. The molecule has 2 aromatic rings. The number of aromatic nitrogens is 2. The van der Waals surface area contributed by atoms with Crippen molar-refractivity contribution in [3.05, 3.63) is 47.3 Å². The van der Waals surface area contributed by atoms with Crippen molar-refractivity contribution in [2.45, 2.75) is 33.4 Å². The van der Waals surface area contributed by atoms with Crippen molar-refractivity contribution in [3.63, 3.8) is 0 Å². The second kappa shape index (κ2) is 10.4. The third-order valence-corrected chi connectivity index (χ3v) is 3.70. The molecule has 0 aliphatic heterocycles. The zero-order valence-corrected chi connectivity index (χ0v) is 17.9. The van der Waals surface area contributed by atoms with E-state index in [9.17, 15) is 0 Å². The highest BCUT2D eigenvalue weighted by molar-refractivity contribution is 14.0. The molecule has 0 spiro atoms. The van der Waals surface area contributed by atoms with Crippen LogP contribution in [0.3, 0.4) is 0 Å². The predicted octanol–water partition coefficient (Wildman–Crippen LogP) is 2.81. The van der Waals surface area contributed by atoms with Crippen LogP contribution in [0, 0.1) is 13.8 Å². The van der Waals surface area contributed by atoms with Gasteiger partial charge in [0.05, 0.1) is 18.0 Å². The third kappa shape index (κ3) is 6.00. The van der Waals surface area contributed by atoms with E-state index in [1.807, 2.05) is 23.7 Å². The fourth-order valence-electron chi connectivity index (χ4n) is 2.64. The van der Waals surface area contributed by atoms with E-state index in [-0.39, 0.29) is 30.0 Å². The van der Waals surface area contributed by atoms with Crippen LogP contribution < -0.4 is 10.6 Å². The van der Waals surface area contributed by atoms with Gasteiger partial charge >= 0.3 is 0 Å². The standard InChI is InChI=1S/C18H27N5O.HI/c1-13-10-15(3)23(22-13)17-9-7-6-8-16(17)11-20-18(19-4)21-14(2)12-24-5;/h6-10,14H,11-12H2,1-5H3,(H2,19,20,21);1H. The van der Waals surface area contributed by atoms with Gasteiger partial charge in [-0.2, -0.15) is 5.10 Å². The number of benzene rings is 1. The summed E-state index contributed by atoms with van der Waals surface area (Å²) >= 11 is 0. The molecule has 6 nitrogen and oxygen atoms in total. The Kier molecular flexibility index (Phi) is 8.91. The minimum atomic E-state index is 0. The average Bonchev–Trinajstić information content (AvgIpc) is 2.90. The van der Waals surface area contributed by atoms with Gasteiger partial charge in [0, 0.05) is 32.4 Å². The van der Waals surface area contributed by atoms with E-state index in [4.69, 9.17) is 4.74 Å². The second-order valence-electron chi connectivity index (χ2n) is 5.89. The molecule has 7 heteroatoms. The molecule has 0 fully saturated rings. The molecule has 25 heavy (non-hydrogen) atoms. The minimum absolute atomic E-state index is 0. The van der Waals surface area contributed by atoms with Crippen LogP contribution in [0.2, 0.25) is 0 Å². The van der Waals surface area contributed by atoms with Crippen molar-refractivity contribution in [2.24, 2.45) is 4.99 Å². The van der Waals surface area contributed by atoms with Crippen LogP contribution in [0.15, 0.2) is 35.3 Å². The van der Waals surface area contributed by atoms with Gasteiger partial charge in [0.1, 0.15) is 0 Å². The molecule has 0 bridgehead atoms. The Morgan fingerprint density at radius 3 is 2.64 bits per heavy atom. The van der Waals surface area contributed by atoms with Crippen LogP contribution in [-0.4, -0.2) is 42.5 Å². The first-order valence-corrected chi connectivity index (χ1v) is 8.12. The molecule has 1 unspecified atom stereocenters. The quantitative estimate of drug-likeness (QED) is 0.398. The smallest absolute Gasteiger partial charge is 0.191 e. The number of nitrogens with zero attached hydrogens (tertiary/aromatic N) is 3. The van der Waals surface area contributed by atoms with Crippen LogP contribution in [0.25, 0.3) is 5.69 Å². The lowest BCUT2D eigenvalue weighted by Gasteiger charge is -2.18. The number of hydrogen-bond donors (Lipinski definition) is 2. The van der Waals surface area contributed by atoms with Gasteiger partial charge in [0.25, 0.3) is 0 Å². The van der Waals surface area contributed by atoms with Gasteiger partial charge in [0.15, 0.2) is 5.96 Å². The number of aryl methyl sites for hydroxylation is 2. The first-order chi connectivity index (χ1) is 11.5. The Balaban J connectivity index is 0.00000312. The topological polar surface area (TPSA) is 63.5 Å². The number of rotatable bonds is 6. The van der Waals surface area contributed by atoms with E-state index in [0.717, 1.165) is 28.6 Å². The summed E-state index contributed by atoms with van der Waals surface area (Å²) in [6.07, 6.45) is 0. The fourth-order valence-corrected chi connectivity index (χ4v) is 2.64. The molecule has 2 rings (SSSR count). The number of halogens is 1. The maximum absolute atomic E-state index is 5.15. The van der Waals surface area contributed by atoms with Crippen LogP contribution in [0.4, 0.5) is 0 Å². The Hall–Kier alpha value is -1.61. The van der Waals surface area contributed by atoms with E-state index in [1.54, 1.807) is 14.2 Å². The van der Waals surface area contributed by atoms with Gasteiger partial charge in [-0.15, -0.1) is 24.0 Å². The molecule has 0 amide bonds. The van der Waals surface area contributed by atoms with E-state index in [2.05, 4.69) is 52.8 Å². The Morgan fingerprint density at radius 1 is 1.32 bits per heavy atom. The highest BCUT2D eigenvalue weighted by atomic mass is 127. The van der Waals surface area contributed by atoms with Crippen molar-refractivity contribution in [2.75, 3.05) is 20.8 Å². The monoisotopic (exact) mass is 457 g/mol. The Morgan fingerprint density at radius 2 is 2.04 bits per heavy atom. The predicted molar refractivity (Wildman–Crippen MR) is 113 cm³/mol. The summed E-state index contributed by atoms with van der Waals surface area (Å²) in [5, 5.41) is 11.2. The molecule has 0 saturated heterocycles. The Labute approximate surface area is 167 Å². The molecule has 1 aromatic carbocycles. The first kappa shape index (κ1) is 21.4. The molecule has 1 heterocycles. The van der Waals surface area contributed by atoms with E-state index >= 15 is 0 Å².